The molecule has 19 heavy (non-hydrogen) atoms. The zero-order valence-electron chi connectivity index (χ0n) is 11.4. The SMILES string of the molecule is CC(=O)NCC(=O)c1ccc(C2CCCCC2)cc1. The van der Waals surface area contributed by atoms with Gasteiger partial charge in [-0.2, -0.15) is 0 Å². The fourth-order valence-corrected chi connectivity index (χ4v) is 2.68. The number of rotatable bonds is 4. The third kappa shape index (κ3) is 3.91. The quantitative estimate of drug-likeness (QED) is 0.845. The summed E-state index contributed by atoms with van der Waals surface area (Å²) in [7, 11) is 0. The van der Waals surface area contributed by atoms with Gasteiger partial charge in [0.2, 0.25) is 5.91 Å². The molecular formula is C16H21NO2. The Morgan fingerprint density at radius 1 is 1.11 bits per heavy atom. The van der Waals surface area contributed by atoms with E-state index in [1.165, 1.54) is 44.6 Å². The van der Waals surface area contributed by atoms with Gasteiger partial charge in [-0.25, -0.2) is 0 Å². The number of ketones is 1. The molecule has 1 aliphatic carbocycles. The lowest BCUT2D eigenvalue weighted by atomic mass is 9.84. The molecule has 0 unspecified atom stereocenters. The molecule has 3 heteroatoms. The maximum absolute atomic E-state index is 11.8. The summed E-state index contributed by atoms with van der Waals surface area (Å²) < 4.78 is 0. The van der Waals surface area contributed by atoms with E-state index < -0.39 is 0 Å². The minimum atomic E-state index is -0.174. The first-order chi connectivity index (χ1) is 9.16. The van der Waals surface area contributed by atoms with Crippen LogP contribution < -0.4 is 5.32 Å². The Balaban J connectivity index is 1.97. The summed E-state index contributed by atoms with van der Waals surface area (Å²) in [5, 5.41) is 2.53. The standard InChI is InChI=1S/C16H21NO2/c1-12(18)17-11-16(19)15-9-7-14(8-10-15)13-5-3-2-4-6-13/h7-10,13H,2-6,11H2,1H3,(H,17,18). The number of amides is 1. The minimum absolute atomic E-state index is 0.0367. The Labute approximate surface area is 114 Å². The average Bonchev–Trinajstić information content (AvgIpc) is 2.46. The molecule has 0 bridgehead atoms. The van der Waals surface area contributed by atoms with E-state index in [0.717, 1.165) is 0 Å². The van der Waals surface area contributed by atoms with Gasteiger partial charge >= 0.3 is 0 Å². The van der Waals surface area contributed by atoms with Crippen LogP contribution in [0, 0.1) is 0 Å². The van der Waals surface area contributed by atoms with E-state index in [-0.39, 0.29) is 18.2 Å². The second-order valence-electron chi connectivity index (χ2n) is 5.29. The van der Waals surface area contributed by atoms with Crippen molar-refractivity contribution in [3.8, 4) is 0 Å². The molecule has 0 spiro atoms. The molecule has 0 aliphatic heterocycles. The second-order valence-corrected chi connectivity index (χ2v) is 5.29. The maximum atomic E-state index is 11.8. The van der Waals surface area contributed by atoms with E-state index >= 15 is 0 Å². The van der Waals surface area contributed by atoms with Crippen LogP contribution in [0.2, 0.25) is 0 Å². The van der Waals surface area contributed by atoms with Gasteiger partial charge in [0, 0.05) is 12.5 Å². The fraction of sp³-hybridized carbons (Fsp3) is 0.500. The summed E-state index contributed by atoms with van der Waals surface area (Å²) in [6.07, 6.45) is 6.50. The van der Waals surface area contributed by atoms with Crippen molar-refractivity contribution in [2.75, 3.05) is 6.54 Å². The third-order valence-electron chi connectivity index (χ3n) is 3.81. The molecule has 0 atom stereocenters. The number of carbonyl (C=O) groups excluding carboxylic acids is 2. The highest BCUT2D eigenvalue weighted by atomic mass is 16.2. The predicted octanol–water partition coefficient (Wildman–Crippen LogP) is 3.05. The van der Waals surface area contributed by atoms with Crippen LogP contribution in [0.3, 0.4) is 0 Å². The molecule has 1 aromatic rings. The van der Waals surface area contributed by atoms with Crippen molar-refractivity contribution in [2.24, 2.45) is 0 Å². The average molecular weight is 259 g/mol. The summed E-state index contributed by atoms with van der Waals surface area (Å²) >= 11 is 0. The molecular weight excluding hydrogens is 238 g/mol. The summed E-state index contributed by atoms with van der Waals surface area (Å²) in [6, 6.07) is 7.90. The highest BCUT2D eigenvalue weighted by Gasteiger charge is 2.15. The van der Waals surface area contributed by atoms with Gasteiger partial charge in [-0.3, -0.25) is 9.59 Å². The molecule has 1 N–H and O–H groups in total. The lowest BCUT2D eigenvalue weighted by Crippen LogP contribution is -2.27. The Hall–Kier alpha value is -1.64. The van der Waals surface area contributed by atoms with Crippen molar-refractivity contribution < 1.29 is 9.59 Å². The Kier molecular flexibility index (Phi) is 4.72. The lowest BCUT2D eigenvalue weighted by Gasteiger charge is -2.22. The summed E-state index contributed by atoms with van der Waals surface area (Å²) in [6.45, 7) is 1.50. The number of carbonyl (C=O) groups is 2. The predicted molar refractivity (Wildman–Crippen MR) is 75.3 cm³/mol. The van der Waals surface area contributed by atoms with Crippen molar-refractivity contribution in [2.45, 2.75) is 44.9 Å². The van der Waals surface area contributed by atoms with Crippen LogP contribution in [-0.2, 0) is 4.79 Å². The van der Waals surface area contributed by atoms with Crippen molar-refractivity contribution in [3.05, 3.63) is 35.4 Å². The van der Waals surface area contributed by atoms with Gasteiger partial charge in [-0.15, -0.1) is 0 Å². The van der Waals surface area contributed by atoms with Gasteiger partial charge in [0.1, 0.15) is 0 Å². The molecule has 2 rings (SSSR count). The van der Waals surface area contributed by atoms with Crippen molar-refractivity contribution in [1.82, 2.24) is 5.32 Å². The maximum Gasteiger partial charge on any atom is 0.217 e. The Bertz CT molecular complexity index is 444. The molecule has 102 valence electrons. The van der Waals surface area contributed by atoms with Crippen LogP contribution in [0.5, 0.6) is 0 Å². The van der Waals surface area contributed by atoms with Crippen LogP contribution in [0.25, 0.3) is 0 Å². The summed E-state index contributed by atoms with van der Waals surface area (Å²) in [4.78, 5) is 22.6. The number of nitrogens with one attached hydrogen (secondary N) is 1. The molecule has 0 saturated heterocycles. The largest absolute Gasteiger partial charge is 0.349 e. The van der Waals surface area contributed by atoms with E-state index in [0.29, 0.717) is 11.5 Å². The molecule has 1 fully saturated rings. The molecule has 0 aromatic heterocycles. The zero-order valence-corrected chi connectivity index (χ0v) is 11.4. The summed E-state index contributed by atoms with van der Waals surface area (Å²) in [5.74, 6) is 0.450. The van der Waals surface area contributed by atoms with Gasteiger partial charge in [-0.05, 0) is 24.3 Å². The van der Waals surface area contributed by atoms with Gasteiger partial charge in [0.25, 0.3) is 0 Å². The lowest BCUT2D eigenvalue weighted by molar-refractivity contribution is -0.118. The number of Topliss-reactive ketones (excluding diaryl/α,β-unsaturated/α-hetero) is 1. The van der Waals surface area contributed by atoms with Gasteiger partial charge in [0.05, 0.1) is 6.54 Å². The van der Waals surface area contributed by atoms with Crippen LogP contribution in [0.1, 0.15) is 60.9 Å². The zero-order chi connectivity index (χ0) is 13.7. The van der Waals surface area contributed by atoms with E-state index in [9.17, 15) is 9.59 Å². The van der Waals surface area contributed by atoms with Crippen molar-refractivity contribution in [1.29, 1.82) is 0 Å². The molecule has 0 radical (unpaired) electrons. The van der Waals surface area contributed by atoms with E-state index in [2.05, 4.69) is 17.4 Å². The fourth-order valence-electron chi connectivity index (χ4n) is 2.68. The molecule has 1 amide bonds. The smallest absolute Gasteiger partial charge is 0.217 e. The minimum Gasteiger partial charge on any atom is -0.349 e. The summed E-state index contributed by atoms with van der Waals surface area (Å²) in [5.41, 5.74) is 2.02. The van der Waals surface area contributed by atoms with Crippen molar-refractivity contribution in [3.63, 3.8) is 0 Å². The first kappa shape index (κ1) is 13.8. The van der Waals surface area contributed by atoms with Gasteiger partial charge < -0.3 is 5.32 Å². The van der Waals surface area contributed by atoms with E-state index in [1.54, 1.807) is 0 Å². The van der Waals surface area contributed by atoms with Crippen LogP contribution in [-0.4, -0.2) is 18.2 Å². The molecule has 0 heterocycles. The molecule has 1 saturated carbocycles. The van der Waals surface area contributed by atoms with Crippen LogP contribution >= 0.6 is 0 Å². The highest BCUT2D eigenvalue weighted by Crippen LogP contribution is 2.32. The highest BCUT2D eigenvalue weighted by molar-refractivity contribution is 5.99. The van der Waals surface area contributed by atoms with Gasteiger partial charge in [0.15, 0.2) is 5.78 Å². The number of hydrogen-bond donors (Lipinski definition) is 1. The Morgan fingerprint density at radius 2 is 1.74 bits per heavy atom. The van der Waals surface area contributed by atoms with E-state index in [1.807, 2.05) is 12.1 Å². The van der Waals surface area contributed by atoms with E-state index in [4.69, 9.17) is 0 Å². The van der Waals surface area contributed by atoms with Crippen LogP contribution in [0.4, 0.5) is 0 Å². The van der Waals surface area contributed by atoms with Gasteiger partial charge in [-0.1, -0.05) is 43.5 Å². The molecule has 1 aliphatic rings. The third-order valence-corrected chi connectivity index (χ3v) is 3.81. The molecule has 3 nitrogen and oxygen atoms in total. The first-order valence-electron chi connectivity index (χ1n) is 7.04. The molecule has 1 aromatic carbocycles. The van der Waals surface area contributed by atoms with Crippen LogP contribution in [0.15, 0.2) is 24.3 Å². The first-order valence-corrected chi connectivity index (χ1v) is 7.04. The van der Waals surface area contributed by atoms with Crippen molar-refractivity contribution >= 4 is 11.7 Å². The second kappa shape index (κ2) is 6.50. The normalized spacial score (nSPS) is 16.1. The number of hydrogen-bond acceptors (Lipinski definition) is 2. The number of benzene rings is 1. The topological polar surface area (TPSA) is 46.2 Å². The monoisotopic (exact) mass is 259 g/mol. The Morgan fingerprint density at radius 3 is 2.32 bits per heavy atom.